The molecule has 0 aromatic rings. The minimum absolute atomic E-state index is 0.751. The second-order valence-corrected chi connectivity index (χ2v) is 6.74. The van der Waals surface area contributed by atoms with Crippen LogP contribution in [0.3, 0.4) is 0 Å². The highest BCUT2D eigenvalue weighted by Crippen LogP contribution is 2.26. The molecule has 108 valence electrons. The third kappa shape index (κ3) is 7.41. The van der Waals surface area contributed by atoms with Crippen LogP contribution in [0, 0.1) is 11.8 Å². The Morgan fingerprint density at radius 3 is 2.22 bits per heavy atom. The third-order valence-electron chi connectivity index (χ3n) is 4.53. The molecule has 0 aliphatic heterocycles. The van der Waals surface area contributed by atoms with E-state index in [2.05, 4.69) is 26.1 Å². The topological polar surface area (TPSA) is 12.0 Å². The minimum Gasteiger partial charge on any atom is -0.314 e. The summed E-state index contributed by atoms with van der Waals surface area (Å²) in [6.07, 6.45) is 14.4. The van der Waals surface area contributed by atoms with E-state index in [1.807, 2.05) is 0 Å². The van der Waals surface area contributed by atoms with Gasteiger partial charge in [-0.2, -0.15) is 0 Å². The van der Waals surface area contributed by atoms with Crippen molar-refractivity contribution in [2.45, 2.75) is 91.0 Å². The summed E-state index contributed by atoms with van der Waals surface area (Å²) < 4.78 is 0. The largest absolute Gasteiger partial charge is 0.314 e. The molecule has 1 nitrogen and oxygen atoms in total. The second-order valence-electron chi connectivity index (χ2n) is 6.74. The van der Waals surface area contributed by atoms with Crippen LogP contribution in [-0.4, -0.2) is 12.6 Å². The highest BCUT2D eigenvalue weighted by molar-refractivity contribution is 4.75. The van der Waals surface area contributed by atoms with E-state index in [1.54, 1.807) is 0 Å². The fraction of sp³-hybridized carbons (Fsp3) is 1.00. The highest BCUT2D eigenvalue weighted by Gasteiger charge is 2.18. The van der Waals surface area contributed by atoms with Crippen LogP contribution in [0.25, 0.3) is 0 Å². The maximum atomic E-state index is 3.75. The van der Waals surface area contributed by atoms with E-state index >= 15 is 0 Å². The van der Waals surface area contributed by atoms with Gasteiger partial charge in [-0.1, -0.05) is 58.8 Å². The van der Waals surface area contributed by atoms with Gasteiger partial charge in [-0.3, -0.25) is 0 Å². The smallest absolute Gasteiger partial charge is 0.00669 e. The van der Waals surface area contributed by atoms with Crippen LogP contribution in [0.15, 0.2) is 0 Å². The van der Waals surface area contributed by atoms with Crippen molar-refractivity contribution in [3.63, 3.8) is 0 Å². The van der Waals surface area contributed by atoms with Gasteiger partial charge in [-0.25, -0.2) is 0 Å². The summed E-state index contributed by atoms with van der Waals surface area (Å²) >= 11 is 0. The van der Waals surface area contributed by atoms with Gasteiger partial charge in [0.2, 0.25) is 0 Å². The number of hydrogen-bond acceptors (Lipinski definition) is 1. The Morgan fingerprint density at radius 2 is 1.56 bits per heavy atom. The molecule has 1 atom stereocenters. The summed E-state index contributed by atoms with van der Waals surface area (Å²) in [4.78, 5) is 0. The Hall–Kier alpha value is -0.0400. The summed E-state index contributed by atoms with van der Waals surface area (Å²) in [7, 11) is 0. The molecule has 1 saturated carbocycles. The molecule has 0 aromatic carbocycles. The van der Waals surface area contributed by atoms with E-state index in [1.165, 1.54) is 70.8 Å². The molecule has 1 fully saturated rings. The van der Waals surface area contributed by atoms with Gasteiger partial charge in [0.25, 0.3) is 0 Å². The number of hydrogen-bond donors (Lipinski definition) is 1. The van der Waals surface area contributed by atoms with E-state index in [0.717, 1.165) is 17.9 Å². The van der Waals surface area contributed by atoms with Crippen molar-refractivity contribution >= 4 is 0 Å². The van der Waals surface area contributed by atoms with Crippen LogP contribution < -0.4 is 5.32 Å². The average Bonchev–Trinajstić information content (AvgIpc) is 2.38. The van der Waals surface area contributed by atoms with Crippen LogP contribution in [0.5, 0.6) is 0 Å². The van der Waals surface area contributed by atoms with Gasteiger partial charge < -0.3 is 5.32 Å². The molecular weight excluding hydrogens is 218 g/mol. The fourth-order valence-corrected chi connectivity index (χ4v) is 3.16. The quantitative estimate of drug-likeness (QED) is 0.560. The Morgan fingerprint density at radius 1 is 0.889 bits per heavy atom. The fourth-order valence-electron chi connectivity index (χ4n) is 3.16. The summed E-state index contributed by atoms with van der Waals surface area (Å²) in [5.74, 6) is 1.84. The van der Waals surface area contributed by atoms with E-state index in [-0.39, 0.29) is 0 Å². The van der Waals surface area contributed by atoms with Crippen molar-refractivity contribution in [3.05, 3.63) is 0 Å². The zero-order valence-corrected chi connectivity index (χ0v) is 13.0. The van der Waals surface area contributed by atoms with Gasteiger partial charge in [0, 0.05) is 6.04 Å². The molecule has 0 radical (unpaired) electrons. The molecule has 0 amide bonds. The molecule has 1 heteroatoms. The molecular formula is C17H35N. The van der Waals surface area contributed by atoms with E-state index in [9.17, 15) is 0 Å². The molecule has 1 rings (SSSR count). The third-order valence-corrected chi connectivity index (χ3v) is 4.53. The maximum absolute atomic E-state index is 3.75. The number of rotatable bonds is 9. The average molecular weight is 253 g/mol. The standard InChI is InChI=1S/C17H35N/c1-15(2)11-7-4-5-10-14-18-16(3)17-12-8-6-9-13-17/h15-18H,4-14H2,1-3H3. The van der Waals surface area contributed by atoms with Gasteiger partial charge in [-0.05, 0) is 44.6 Å². The van der Waals surface area contributed by atoms with E-state index in [4.69, 9.17) is 0 Å². The summed E-state index contributed by atoms with van der Waals surface area (Å²) in [6.45, 7) is 8.29. The van der Waals surface area contributed by atoms with Crippen molar-refractivity contribution in [1.82, 2.24) is 5.32 Å². The van der Waals surface area contributed by atoms with Crippen LogP contribution in [0.1, 0.15) is 85.0 Å². The first-order chi connectivity index (χ1) is 8.70. The van der Waals surface area contributed by atoms with Gasteiger partial charge in [-0.15, -0.1) is 0 Å². The zero-order valence-electron chi connectivity index (χ0n) is 13.0. The first kappa shape index (κ1) is 16.0. The first-order valence-electron chi connectivity index (χ1n) is 8.43. The second kappa shape index (κ2) is 9.83. The van der Waals surface area contributed by atoms with Gasteiger partial charge in [0.1, 0.15) is 0 Å². The lowest BCUT2D eigenvalue weighted by Crippen LogP contribution is -2.35. The first-order valence-corrected chi connectivity index (χ1v) is 8.43. The Kier molecular flexibility index (Phi) is 8.75. The summed E-state index contributed by atoms with van der Waals surface area (Å²) in [6, 6.07) is 0.751. The maximum Gasteiger partial charge on any atom is 0.00669 e. The van der Waals surface area contributed by atoms with E-state index in [0.29, 0.717) is 0 Å². The molecule has 0 saturated heterocycles. The zero-order chi connectivity index (χ0) is 13.2. The molecule has 1 unspecified atom stereocenters. The number of unbranched alkanes of at least 4 members (excludes halogenated alkanes) is 3. The van der Waals surface area contributed by atoms with Crippen LogP contribution >= 0.6 is 0 Å². The SMILES string of the molecule is CC(C)CCCCCCNC(C)C1CCCCC1. The Balaban J connectivity index is 1.90. The van der Waals surface area contributed by atoms with Crippen LogP contribution in [0.2, 0.25) is 0 Å². The molecule has 1 N–H and O–H groups in total. The molecule has 1 aliphatic carbocycles. The molecule has 0 heterocycles. The van der Waals surface area contributed by atoms with Crippen molar-refractivity contribution in [3.8, 4) is 0 Å². The van der Waals surface area contributed by atoms with Gasteiger partial charge >= 0.3 is 0 Å². The van der Waals surface area contributed by atoms with Crippen molar-refractivity contribution in [2.24, 2.45) is 11.8 Å². The highest BCUT2D eigenvalue weighted by atomic mass is 14.9. The lowest BCUT2D eigenvalue weighted by atomic mass is 9.84. The molecule has 0 aromatic heterocycles. The summed E-state index contributed by atoms with van der Waals surface area (Å²) in [5, 5.41) is 3.75. The molecule has 18 heavy (non-hydrogen) atoms. The molecule has 0 bridgehead atoms. The minimum atomic E-state index is 0.751. The van der Waals surface area contributed by atoms with Gasteiger partial charge in [0.15, 0.2) is 0 Å². The Bertz CT molecular complexity index is 182. The van der Waals surface area contributed by atoms with Crippen LogP contribution in [-0.2, 0) is 0 Å². The van der Waals surface area contributed by atoms with Crippen molar-refractivity contribution in [2.75, 3.05) is 6.54 Å². The number of nitrogens with one attached hydrogen (secondary N) is 1. The lowest BCUT2D eigenvalue weighted by molar-refractivity contribution is 0.280. The Labute approximate surface area is 115 Å². The molecule has 1 aliphatic rings. The molecule has 0 spiro atoms. The predicted molar refractivity (Wildman–Crippen MR) is 82.0 cm³/mol. The van der Waals surface area contributed by atoms with Crippen LogP contribution in [0.4, 0.5) is 0 Å². The lowest BCUT2D eigenvalue weighted by Gasteiger charge is -2.28. The van der Waals surface area contributed by atoms with Gasteiger partial charge in [0.05, 0.1) is 0 Å². The predicted octanol–water partition coefficient (Wildman–Crippen LogP) is 5.15. The monoisotopic (exact) mass is 253 g/mol. The summed E-state index contributed by atoms with van der Waals surface area (Å²) in [5.41, 5.74) is 0. The normalized spacial score (nSPS) is 19.3. The van der Waals surface area contributed by atoms with Crippen molar-refractivity contribution in [1.29, 1.82) is 0 Å². The van der Waals surface area contributed by atoms with E-state index < -0.39 is 0 Å². The van der Waals surface area contributed by atoms with Crippen molar-refractivity contribution < 1.29 is 0 Å².